The fourth-order valence-electron chi connectivity index (χ4n) is 2.93. The Morgan fingerprint density at radius 1 is 1.10 bits per heavy atom. The minimum atomic E-state index is 0.461. The lowest BCUT2D eigenvalue weighted by atomic mass is 9.92. The van der Waals surface area contributed by atoms with Crippen LogP contribution in [0.1, 0.15) is 33.1 Å². The molecule has 0 amide bonds. The van der Waals surface area contributed by atoms with Gasteiger partial charge in [0.25, 0.3) is 0 Å². The van der Waals surface area contributed by atoms with E-state index in [1.165, 1.54) is 19.3 Å². The van der Waals surface area contributed by atoms with Crippen molar-refractivity contribution in [3.63, 3.8) is 0 Å². The van der Waals surface area contributed by atoms with Crippen molar-refractivity contribution >= 4 is 5.69 Å². The van der Waals surface area contributed by atoms with Crippen LogP contribution in [0.5, 0.6) is 0 Å². The van der Waals surface area contributed by atoms with Crippen LogP contribution in [0.25, 0.3) is 11.4 Å². The first-order chi connectivity index (χ1) is 9.62. The number of rotatable bonds is 3. The zero-order valence-corrected chi connectivity index (χ0v) is 12.1. The lowest BCUT2D eigenvalue weighted by molar-refractivity contribution is 0.378. The van der Waals surface area contributed by atoms with Gasteiger partial charge in [-0.3, -0.25) is 0 Å². The first-order valence-electron chi connectivity index (χ1n) is 7.26. The molecule has 1 atom stereocenters. The van der Waals surface area contributed by atoms with E-state index in [2.05, 4.69) is 29.1 Å². The van der Waals surface area contributed by atoms with Crippen LogP contribution in [0, 0.1) is 5.41 Å². The summed E-state index contributed by atoms with van der Waals surface area (Å²) in [6.07, 6.45) is 7.51. The third kappa shape index (κ3) is 2.98. The summed E-state index contributed by atoms with van der Waals surface area (Å²) in [6, 6.07) is 10.6. The summed E-state index contributed by atoms with van der Waals surface area (Å²) in [5.41, 5.74) is 2.54. The zero-order chi connectivity index (χ0) is 14.0. The molecule has 20 heavy (non-hydrogen) atoms. The second kappa shape index (κ2) is 5.23. The van der Waals surface area contributed by atoms with Gasteiger partial charge in [0.05, 0.1) is 18.1 Å². The van der Waals surface area contributed by atoms with Crippen LogP contribution < -0.4 is 5.32 Å². The van der Waals surface area contributed by atoms with Crippen molar-refractivity contribution in [3.8, 4) is 11.4 Å². The molecule has 3 rings (SSSR count). The maximum atomic E-state index is 4.45. The number of benzene rings is 1. The summed E-state index contributed by atoms with van der Waals surface area (Å²) < 4.78 is 0. The molecular formula is C17H21N3. The van der Waals surface area contributed by atoms with E-state index >= 15 is 0 Å². The Hall–Kier alpha value is -1.90. The van der Waals surface area contributed by atoms with Gasteiger partial charge in [-0.25, -0.2) is 9.97 Å². The van der Waals surface area contributed by atoms with Crippen LogP contribution in [0.3, 0.4) is 0 Å². The second-order valence-electron chi connectivity index (χ2n) is 6.41. The molecule has 1 unspecified atom stereocenters. The highest BCUT2D eigenvalue weighted by Crippen LogP contribution is 2.38. The van der Waals surface area contributed by atoms with Crippen molar-refractivity contribution in [2.45, 2.75) is 39.2 Å². The Morgan fingerprint density at radius 2 is 1.80 bits per heavy atom. The van der Waals surface area contributed by atoms with Crippen LogP contribution in [0.2, 0.25) is 0 Å². The molecule has 2 aromatic rings. The van der Waals surface area contributed by atoms with Crippen LogP contribution in [0.4, 0.5) is 5.69 Å². The molecular weight excluding hydrogens is 246 g/mol. The average molecular weight is 267 g/mol. The molecule has 0 bridgehead atoms. The fraction of sp³-hybridized carbons (Fsp3) is 0.412. The zero-order valence-electron chi connectivity index (χ0n) is 12.1. The van der Waals surface area contributed by atoms with E-state index in [-0.39, 0.29) is 0 Å². The van der Waals surface area contributed by atoms with Gasteiger partial charge in [0, 0.05) is 11.6 Å². The fourth-order valence-corrected chi connectivity index (χ4v) is 2.93. The molecule has 1 aliphatic carbocycles. The molecule has 1 fully saturated rings. The average Bonchev–Trinajstić information content (AvgIpc) is 2.80. The van der Waals surface area contributed by atoms with Gasteiger partial charge in [-0.2, -0.15) is 0 Å². The van der Waals surface area contributed by atoms with Crippen molar-refractivity contribution in [2.24, 2.45) is 5.41 Å². The smallest absolute Gasteiger partial charge is 0.159 e. The summed E-state index contributed by atoms with van der Waals surface area (Å²) in [6.45, 7) is 4.67. The van der Waals surface area contributed by atoms with Gasteiger partial charge >= 0.3 is 0 Å². The molecule has 0 spiro atoms. The Balaban J connectivity index is 1.68. The normalized spacial score (nSPS) is 20.8. The molecule has 0 radical (unpaired) electrons. The monoisotopic (exact) mass is 267 g/mol. The summed E-state index contributed by atoms with van der Waals surface area (Å²) in [5.74, 6) is 0.780. The minimum absolute atomic E-state index is 0.461. The standard InChI is InChI=1S/C17H21N3/c1-17(2)9-8-14(10-17)20-15-11-18-16(19-12-15)13-6-4-3-5-7-13/h3-7,11-12,14,20H,8-10H2,1-2H3. The number of aromatic nitrogens is 2. The first-order valence-corrected chi connectivity index (χ1v) is 7.26. The Bertz CT molecular complexity index is 561. The van der Waals surface area contributed by atoms with E-state index in [4.69, 9.17) is 0 Å². The molecule has 0 aliphatic heterocycles. The highest BCUT2D eigenvalue weighted by Gasteiger charge is 2.30. The van der Waals surface area contributed by atoms with Crippen LogP contribution in [-0.2, 0) is 0 Å². The molecule has 3 heteroatoms. The van der Waals surface area contributed by atoms with Gasteiger partial charge in [-0.1, -0.05) is 44.2 Å². The summed E-state index contributed by atoms with van der Waals surface area (Å²) >= 11 is 0. The van der Waals surface area contributed by atoms with Gasteiger partial charge in [0.1, 0.15) is 0 Å². The van der Waals surface area contributed by atoms with E-state index < -0.39 is 0 Å². The highest BCUT2D eigenvalue weighted by atomic mass is 15.0. The molecule has 3 nitrogen and oxygen atoms in total. The summed E-state index contributed by atoms with van der Waals surface area (Å²) in [5, 5.41) is 3.55. The van der Waals surface area contributed by atoms with Crippen LogP contribution in [-0.4, -0.2) is 16.0 Å². The Morgan fingerprint density at radius 3 is 2.40 bits per heavy atom. The third-order valence-electron chi connectivity index (χ3n) is 4.02. The molecule has 1 heterocycles. The lowest BCUT2D eigenvalue weighted by Crippen LogP contribution is -2.17. The molecule has 1 aromatic carbocycles. The largest absolute Gasteiger partial charge is 0.380 e. The topological polar surface area (TPSA) is 37.8 Å². The van der Waals surface area contributed by atoms with Gasteiger partial charge in [0.2, 0.25) is 0 Å². The number of hydrogen-bond donors (Lipinski definition) is 1. The van der Waals surface area contributed by atoms with Crippen molar-refractivity contribution in [3.05, 3.63) is 42.7 Å². The minimum Gasteiger partial charge on any atom is -0.380 e. The Kier molecular flexibility index (Phi) is 3.43. The second-order valence-corrected chi connectivity index (χ2v) is 6.41. The van der Waals surface area contributed by atoms with Crippen molar-refractivity contribution in [2.75, 3.05) is 5.32 Å². The van der Waals surface area contributed by atoms with Gasteiger partial charge in [0.15, 0.2) is 5.82 Å². The summed E-state index contributed by atoms with van der Waals surface area (Å²) in [7, 11) is 0. The van der Waals surface area contributed by atoms with E-state index in [0.717, 1.165) is 17.1 Å². The quantitative estimate of drug-likeness (QED) is 0.908. The predicted octanol–water partition coefficient (Wildman–Crippen LogP) is 4.13. The molecule has 104 valence electrons. The van der Waals surface area contributed by atoms with Crippen molar-refractivity contribution in [1.82, 2.24) is 9.97 Å². The number of nitrogens with one attached hydrogen (secondary N) is 1. The number of hydrogen-bond acceptors (Lipinski definition) is 3. The number of anilines is 1. The van der Waals surface area contributed by atoms with Crippen molar-refractivity contribution < 1.29 is 0 Å². The van der Waals surface area contributed by atoms with Gasteiger partial charge in [-0.05, 0) is 24.7 Å². The molecule has 1 saturated carbocycles. The van der Waals surface area contributed by atoms with Crippen LogP contribution in [0.15, 0.2) is 42.7 Å². The molecule has 0 saturated heterocycles. The molecule has 1 aromatic heterocycles. The first kappa shape index (κ1) is 13.1. The van der Waals surface area contributed by atoms with Gasteiger partial charge in [-0.15, -0.1) is 0 Å². The Labute approximate surface area is 120 Å². The predicted molar refractivity (Wildman–Crippen MR) is 82.5 cm³/mol. The molecule has 1 N–H and O–H groups in total. The van der Waals surface area contributed by atoms with E-state index in [0.29, 0.717) is 11.5 Å². The van der Waals surface area contributed by atoms with E-state index in [1.807, 2.05) is 42.7 Å². The van der Waals surface area contributed by atoms with E-state index in [9.17, 15) is 0 Å². The molecule has 1 aliphatic rings. The number of nitrogens with zero attached hydrogens (tertiary/aromatic N) is 2. The van der Waals surface area contributed by atoms with Crippen molar-refractivity contribution in [1.29, 1.82) is 0 Å². The maximum Gasteiger partial charge on any atom is 0.159 e. The van der Waals surface area contributed by atoms with Crippen LogP contribution >= 0.6 is 0 Å². The summed E-state index contributed by atoms with van der Waals surface area (Å²) in [4.78, 5) is 8.91. The maximum absolute atomic E-state index is 4.45. The van der Waals surface area contributed by atoms with Gasteiger partial charge < -0.3 is 5.32 Å². The third-order valence-corrected chi connectivity index (χ3v) is 4.02. The SMILES string of the molecule is CC1(C)CCC(Nc2cnc(-c3ccccc3)nc2)C1. The lowest BCUT2D eigenvalue weighted by Gasteiger charge is -2.18. The highest BCUT2D eigenvalue weighted by molar-refractivity contribution is 5.55. The van der Waals surface area contributed by atoms with E-state index in [1.54, 1.807) is 0 Å².